The van der Waals surface area contributed by atoms with Crippen molar-refractivity contribution in [2.75, 3.05) is 18.4 Å². The van der Waals surface area contributed by atoms with E-state index in [1.54, 1.807) is 10.3 Å². The number of amides is 2. The zero-order valence-corrected chi connectivity index (χ0v) is 11.8. The first-order valence-electron chi connectivity index (χ1n) is 6.24. The van der Waals surface area contributed by atoms with Crippen LogP contribution in [-0.2, 0) is 20.8 Å². The SMILES string of the molecule is CCN1CC(C(=O)Nc2nc(CC(=O)O)cs2)CC1=O. The van der Waals surface area contributed by atoms with Crippen molar-refractivity contribution in [3.63, 3.8) is 0 Å². The molecule has 1 aliphatic heterocycles. The van der Waals surface area contributed by atoms with E-state index < -0.39 is 5.97 Å². The molecule has 0 saturated carbocycles. The number of hydrogen-bond donors (Lipinski definition) is 2. The number of thiazole rings is 1. The molecule has 2 heterocycles. The maximum Gasteiger partial charge on any atom is 0.309 e. The monoisotopic (exact) mass is 297 g/mol. The van der Waals surface area contributed by atoms with Gasteiger partial charge in [0.05, 0.1) is 18.0 Å². The molecule has 0 radical (unpaired) electrons. The number of aliphatic carboxylic acids is 1. The number of nitrogens with one attached hydrogen (secondary N) is 1. The molecule has 8 heteroatoms. The van der Waals surface area contributed by atoms with E-state index in [0.29, 0.717) is 23.9 Å². The van der Waals surface area contributed by atoms with Gasteiger partial charge in [0.15, 0.2) is 5.13 Å². The minimum Gasteiger partial charge on any atom is -0.481 e. The summed E-state index contributed by atoms with van der Waals surface area (Å²) in [5.74, 6) is -1.59. The molecule has 108 valence electrons. The molecule has 1 saturated heterocycles. The zero-order chi connectivity index (χ0) is 14.7. The Morgan fingerprint density at radius 2 is 2.35 bits per heavy atom. The number of rotatable bonds is 5. The molecule has 0 spiro atoms. The van der Waals surface area contributed by atoms with Gasteiger partial charge < -0.3 is 15.3 Å². The van der Waals surface area contributed by atoms with Crippen LogP contribution in [0.2, 0.25) is 0 Å². The summed E-state index contributed by atoms with van der Waals surface area (Å²) in [4.78, 5) is 39.8. The van der Waals surface area contributed by atoms with Crippen LogP contribution in [0, 0.1) is 5.92 Å². The van der Waals surface area contributed by atoms with E-state index in [1.807, 2.05) is 6.92 Å². The van der Waals surface area contributed by atoms with E-state index in [-0.39, 0.29) is 30.6 Å². The first-order valence-corrected chi connectivity index (χ1v) is 7.12. The van der Waals surface area contributed by atoms with Crippen LogP contribution in [0.1, 0.15) is 19.0 Å². The molecule has 2 amide bonds. The summed E-state index contributed by atoms with van der Waals surface area (Å²) >= 11 is 1.18. The standard InChI is InChI=1S/C12H15N3O4S/c1-2-15-5-7(3-9(15)16)11(19)14-12-13-8(6-20-12)4-10(17)18/h6-7H,2-5H2,1H3,(H,17,18)(H,13,14,19). The number of likely N-dealkylation sites (tertiary alicyclic amines) is 1. The predicted molar refractivity (Wildman–Crippen MR) is 72.4 cm³/mol. The quantitative estimate of drug-likeness (QED) is 0.828. The summed E-state index contributed by atoms with van der Waals surface area (Å²) in [5.41, 5.74) is 0.412. The highest BCUT2D eigenvalue weighted by Gasteiger charge is 2.33. The van der Waals surface area contributed by atoms with E-state index >= 15 is 0 Å². The summed E-state index contributed by atoms with van der Waals surface area (Å²) < 4.78 is 0. The Labute approximate surface area is 119 Å². The van der Waals surface area contributed by atoms with Gasteiger partial charge in [0.1, 0.15) is 0 Å². The molecular weight excluding hydrogens is 282 g/mol. The lowest BCUT2D eigenvalue weighted by Crippen LogP contribution is -2.28. The first kappa shape index (κ1) is 14.4. The molecule has 0 aliphatic carbocycles. The second-order valence-corrected chi connectivity index (χ2v) is 5.40. The molecule has 1 aliphatic rings. The molecule has 7 nitrogen and oxygen atoms in total. The fourth-order valence-electron chi connectivity index (χ4n) is 2.06. The second kappa shape index (κ2) is 6.00. The van der Waals surface area contributed by atoms with Crippen LogP contribution >= 0.6 is 11.3 Å². The molecule has 1 atom stereocenters. The highest BCUT2D eigenvalue weighted by atomic mass is 32.1. The maximum absolute atomic E-state index is 12.0. The molecule has 2 N–H and O–H groups in total. The number of carboxylic acid groups (broad SMARTS) is 1. The highest BCUT2D eigenvalue weighted by molar-refractivity contribution is 7.13. The predicted octanol–water partition coefficient (Wildman–Crippen LogP) is 0.577. The maximum atomic E-state index is 12.0. The van der Waals surface area contributed by atoms with Crippen molar-refractivity contribution in [1.29, 1.82) is 0 Å². The third-order valence-electron chi connectivity index (χ3n) is 3.08. The van der Waals surface area contributed by atoms with Gasteiger partial charge in [-0.2, -0.15) is 0 Å². The van der Waals surface area contributed by atoms with Gasteiger partial charge in [-0.15, -0.1) is 11.3 Å². The van der Waals surface area contributed by atoms with Gasteiger partial charge in [0.25, 0.3) is 0 Å². The minimum absolute atomic E-state index is 0.0154. The lowest BCUT2D eigenvalue weighted by atomic mass is 10.1. The Hall–Kier alpha value is -1.96. The summed E-state index contributed by atoms with van der Waals surface area (Å²) in [7, 11) is 0. The number of carboxylic acids is 1. The molecule has 0 aromatic carbocycles. The minimum atomic E-state index is -0.965. The molecule has 20 heavy (non-hydrogen) atoms. The zero-order valence-electron chi connectivity index (χ0n) is 11.0. The van der Waals surface area contributed by atoms with Gasteiger partial charge in [-0.05, 0) is 6.92 Å². The largest absolute Gasteiger partial charge is 0.481 e. The Balaban J connectivity index is 1.93. The number of carbonyl (C=O) groups is 3. The average Bonchev–Trinajstić information content (AvgIpc) is 2.95. The molecule has 1 aromatic heterocycles. The van der Waals surface area contributed by atoms with Crippen molar-refractivity contribution < 1.29 is 19.5 Å². The Morgan fingerprint density at radius 1 is 1.60 bits per heavy atom. The number of carbonyl (C=O) groups excluding carboxylic acids is 2. The van der Waals surface area contributed by atoms with Crippen LogP contribution in [0.25, 0.3) is 0 Å². The lowest BCUT2D eigenvalue weighted by molar-refractivity contribution is -0.136. The Morgan fingerprint density at radius 3 is 2.95 bits per heavy atom. The first-order chi connectivity index (χ1) is 9.49. The number of anilines is 1. The Kier molecular flexibility index (Phi) is 4.33. The third kappa shape index (κ3) is 3.32. The van der Waals surface area contributed by atoms with Gasteiger partial charge in [0.2, 0.25) is 11.8 Å². The topological polar surface area (TPSA) is 99.6 Å². The molecule has 1 aromatic rings. The summed E-state index contributed by atoms with van der Waals surface area (Å²) in [6, 6.07) is 0. The van der Waals surface area contributed by atoms with Crippen molar-refractivity contribution in [2.45, 2.75) is 19.8 Å². The molecule has 2 rings (SSSR count). The summed E-state index contributed by atoms with van der Waals surface area (Å²) in [6.07, 6.45) is 0.0466. The normalized spacial score (nSPS) is 18.4. The van der Waals surface area contributed by atoms with E-state index in [2.05, 4.69) is 10.3 Å². The van der Waals surface area contributed by atoms with Gasteiger partial charge in [-0.1, -0.05) is 0 Å². The van der Waals surface area contributed by atoms with Gasteiger partial charge in [-0.3, -0.25) is 14.4 Å². The smallest absolute Gasteiger partial charge is 0.309 e. The third-order valence-corrected chi connectivity index (χ3v) is 3.89. The van der Waals surface area contributed by atoms with Crippen molar-refractivity contribution in [3.05, 3.63) is 11.1 Å². The van der Waals surface area contributed by atoms with Crippen LogP contribution in [-0.4, -0.2) is 45.9 Å². The van der Waals surface area contributed by atoms with Crippen LogP contribution in [0.3, 0.4) is 0 Å². The number of hydrogen-bond acceptors (Lipinski definition) is 5. The van der Waals surface area contributed by atoms with Gasteiger partial charge in [0, 0.05) is 24.9 Å². The van der Waals surface area contributed by atoms with Crippen LogP contribution in [0.4, 0.5) is 5.13 Å². The van der Waals surface area contributed by atoms with Crippen LogP contribution in [0.5, 0.6) is 0 Å². The lowest BCUT2D eigenvalue weighted by Gasteiger charge is -2.12. The highest BCUT2D eigenvalue weighted by Crippen LogP contribution is 2.21. The number of aromatic nitrogens is 1. The van der Waals surface area contributed by atoms with E-state index in [1.165, 1.54) is 11.3 Å². The fourth-order valence-corrected chi connectivity index (χ4v) is 2.77. The van der Waals surface area contributed by atoms with Crippen molar-refractivity contribution in [3.8, 4) is 0 Å². The van der Waals surface area contributed by atoms with E-state index in [4.69, 9.17) is 5.11 Å². The molecule has 1 unspecified atom stereocenters. The van der Waals surface area contributed by atoms with E-state index in [9.17, 15) is 14.4 Å². The second-order valence-electron chi connectivity index (χ2n) is 4.54. The van der Waals surface area contributed by atoms with E-state index in [0.717, 1.165) is 0 Å². The van der Waals surface area contributed by atoms with Gasteiger partial charge >= 0.3 is 5.97 Å². The van der Waals surface area contributed by atoms with Crippen molar-refractivity contribution in [1.82, 2.24) is 9.88 Å². The van der Waals surface area contributed by atoms with Crippen LogP contribution < -0.4 is 5.32 Å². The molecule has 0 bridgehead atoms. The summed E-state index contributed by atoms with van der Waals surface area (Å²) in [6.45, 7) is 2.90. The Bertz CT molecular complexity index is 543. The van der Waals surface area contributed by atoms with Crippen molar-refractivity contribution >= 4 is 34.3 Å². The van der Waals surface area contributed by atoms with Crippen molar-refractivity contribution in [2.24, 2.45) is 5.92 Å². The molecular formula is C12H15N3O4S. The summed E-state index contributed by atoms with van der Waals surface area (Å²) in [5, 5.41) is 13.3. The fraction of sp³-hybridized carbons (Fsp3) is 0.500. The average molecular weight is 297 g/mol. The van der Waals surface area contributed by atoms with Crippen LogP contribution in [0.15, 0.2) is 5.38 Å². The molecule has 1 fully saturated rings. The van der Waals surface area contributed by atoms with Gasteiger partial charge in [-0.25, -0.2) is 4.98 Å². The number of nitrogens with zero attached hydrogens (tertiary/aromatic N) is 2.